The molecule has 0 spiro atoms. The average molecular weight is 657 g/mol. The molecule has 1 aliphatic heterocycles. The van der Waals surface area contributed by atoms with Crippen LogP contribution in [0.1, 0.15) is 49.0 Å². The van der Waals surface area contributed by atoms with Crippen LogP contribution in [0.4, 0.5) is 4.39 Å². The number of carbonyl (C=O) groups excluding carboxylic acids is 1. The first kappa shape index (κ1) is 37.8. The summed E-state index contributed by atoms with van der Waals surface area (Å²) >= 11 is 0. The number of carbonyl (C=O) groups is 1. The lowest BCUT2D eigenvalue weighted by Gasteiger charge is -2.32. The van der Waals surface area contributed by atoms with Gasteiger partial charge in [-0.1, -0.05) is 35.6 Å². The number of aryl methyl sites for hydroxylation is 1. The molecule has 2 aromatic rings. The second-order valence-corrected chi connectivity index (χ2v) is 11.6. The van der Waals surface area contributed by atoms with E-state index >= 15 is 0 Å². The van der Waals surface area contributed by atoms with Crippen molar-refractivity contribution in [3.8, 4) is 24.9 Å². The van der Waals surface area contributed by atoms with E-state index in [1.165, 1.54) is 19.2 Å². The summed E-state index contributed by atoms with van der Waals surface area (Å²) in [4.78, 5) is 27.4. The Labute approximate surface area is 283 Å². The Morgan fingerprint density at radius 2 is 2.10 bits per heavy atom. The van der Waals surface area contributed by atoms with Crippen LogP contribution in [0, 0.1) is 43.0 Å². The van der Waals surface area contributed by atoms with Gasteiger partial charge in [-0.3, -0.25) is 15.0 Å². The number of aromatic nitrogens is 1. The molecule has 2 unspecified atom stereocenters. The molecule has 0 saturated carbocycles. The van der Waals surface area contributed by atoms with Crippen molar-refractivity contribution in [2.45, 2.75) is 39.2 Å². The van der Waals surface area contributed by atoms with Gasteiger partial charge in [-0.15, -0.1) is 6.42 Å². The minimum Gasteiger partial charge on any atom is -0.465 e. The van der Waals surface area contributed by atoms with Gasteiger partial charge in [-0.25, -0.2) is 9.18 Å². The molecule has 0 amide bonds. The number of halogens is 1. The molecule has 2 heterocycles. The Kier molecular flexibility index (Phi) is 15.7. The zero-order chi connectivity index (χ0) is 34.8. The van der Waals surface area contributed by atoms with Crippen LogP contribution in [0.15, 0.2) is 75.4 Å². The topological polar surface area (TPSA) is 104 Å². The van der Waals surface area contributed by atoms with Gasteiger partial charge >= 0.3 is 5.97 Å². The first-order valence-corrected chi connectivity index (χ1v) is 15.8. The standard InChI is InChI=1S/C38H45FN4O5/c1-7-19-47-26-38(25-46-8-2)24-41-17-11-12-30(16-20-48-27-38)21-29(4)35(37(44)45-6)36(32-15-14-31(39)22-28(32)3)43-34(23-40-5)33-13-9-10-18-42-33/h1-2,9-10,12-15,18,22-23,34,41H,11,16-17,19-21,24-27H2,3-6H3/b30-12?,35-29-,40-23?,43-36?. The second-order valence-electron chi connectivity index (χ2n) is 11.6. The van der Waals surface area contributed by atoms with E-state index in [1.54, 1.807) is 32.4 Å². The van der Waals surface area contributed by atoms with Gasteiger partial charge in [-0.2, -0.15) is 0 Å². The third-order valence-corrected chi connectivity index (χ3v) is 7.82. The summed E-state index contributed by atoms with van der Waals surface area (Å²) in [6.45, 7) is 6.43. The summed E-state index contributed by atoms with van der Waals surface area (Å²) in [6, 6.07) is 9.32. The maximum absolute atomic E-state index is 14.3. The minimum absolute atomic E-state index is 0.175. The quantitative estimate of drug-likeness (QED) is 0.0789. The Balaban J connectivity index is 2.01. The molecule has 1 aromatic heterocycles. The van der Waals surface area contributed by atoms with E-state index in [0.29, 0.717) is 73.9 Å². The van der Waals surface area contributed by atoms with Gasteiger partial charge in [0.05, 0.1) is 49.3 Å². The van der Waals surface area contributed by atoms with E-state index in [9.17, 15) is 9.18 Å². The molecule has 0 bridgehead atoms. The molecule has 3 rings (SSSR count). The van der Waals surface area contributed by atoms with Crippen LogP contribution < -0.4 is 5.32 Å². The maximum Gasteiger partial charge on any atom is 0.340 e. The number of hydrogen-bond donors (Lipinski definition) is 1. The molecule has 0 radical (unpaired) electrons. The number of nitrogens with one attached hydrogen (secondary N) is 1. The first-order valence-electron chi connectivity index (χ1n) is 15.8. The Morgan fingerprint density at radius 1 is 1.27 bits per heavy atom. The molecule has 2 atom stereocenters. The normalized spacial score (nSPS) is 18.8. The average Bonchev–Trinajstić information content (AvgIpc) is 3.12. The molecule has 254 valence electrons. The largest absolute Gasteiger partial charge is 0.465 e. The predicted octanol–water partition coefficient (Wildman–Crippen LogP) is 5.21. The van der Waals surface area contributed by atoms with Crippen molar-refractivity contribution in [1.82, 2.24) is 10.3 Å². The van der Waals surface area contributed by atoms with Crippen molar-refractivity contribution in [3.63, 3.8) is 0 Å². The number of rotatable bonds is 13. The molecule has 9 nitrogen and oxygen atoms in total. The predicted molar refractivity (Wildman–Crippen MR) is 186 cm³/mol. The third kappa shape index (κ3) is 11.3. The van der Waals surface area contributed by atoms with Crippen molar-refractivity contribution in [3.05, 3.63) is 88.0 Å². The molecule has 0 fully saturated rings. The summed E-state index contributed by atoms with van der Waals surface area (Å²) in [5.74, 6) is 1.55. The fourth-order valence-electron chi connectivity index (χ4n) is 5.46. The Hall–Kier alpha value is -4.61. The van der Waals surface area contributed by atoms with E-state index in [0.717, 1.165) is 17.6 Å². The summed E-state index contributed by atoms with van der Waals surface area (Å²) in [5, 5.41) is 3.47. The smallest absolute Gasteiger partial charge is 0.340 e. The van der Waals surface area contributed by atoms with Crippen LogP contribution in [-0.2, 0) is 23.7 Å². The highest BCUT2D eigenvalue weighted by molar-refractivity contribution is 6.28. The highest BCUT2D eigenvalue weighted by Crippen LogP contribution is 2.28. The lowest BCUT2D eigenvalue weighted by molar-refractivity contribution is -0.135. The number of nitrogens with zero attached hydrogens (tertiary/aromatic N) is 3. The highest BCUT2D eigenvalue weighted by atomic mass is 19.1. The van der Waals surface area contributed by atoms with Gasteiger partial charge in [0.15, 0.2) is 0 Å². The van der Waals surface area contributed by atoms with Crippen molar-refractivity contribution in [1.29, 1.82) is 0 Å². The number of ether oxygens (including phenoxy) is 4. The fourth-order valence-corrected chi connectivity index (χ4v) is 5.46. The first-order chi connectivity index (χ1) is 23.3. The summed E-state index contributed by atoms with van der Waals surface area (Å²) in [7, 11) is 2.99. The monoisotopic (exact) mass is 656 g/mol. The zero-order valence-electron chi connectivity index (χ0n) is 28.3. The zero-order valence-corrected chi connectivity index (χ0v) is 28.3. The van der Waals surface area contributed by atoms with Crippen LogP contribution in [0.5, 0.6) is 0 Å². The van der Waals surface area contributed by atoms with Crippen LogP contribution in [0.3, 0.4) is 0 Å². The SMILES string of the molecule is C#CCOCC1(COC#C)CNCCC=C(C/C(C)=C(\C(=O)OC)C(=NC(C=NC)c2ccccn2)c2ccc(F)cc2C)CCOC1. The van der Waals surface area contributed by atoms with Crippen LogP contribution in [-0.4, -0.2) is 83.2 Å². The van der Waals surface area contributed by atoms with E-state index < -0.39 is 17.4 Å². The molecule has 48 heavy (non-hydrogen) atoms. The second kappa shape index (κ2) is 19.9. The van der Waals surface area contributed by atoms with Gasteiger partial charge in [0.1, 0.15) is 31.2 Å². The fraction of sp³-hybridized carbons (Fsp3) is 0.421. The molecule has 0 aliphatic carbocycles. The van der Waals surface area contributed by atoms with Gasteiger partial charge in [0, 0.05) is 31.6 Å². The Bertz CT molecular complexity index is 1570. The number of terminal acetylenes is 2. The minimum atomic E-state index is -0.609. The number of allylic oxidation sites excluding steroid dienone is 1. The lowest BCUT2D eigenvalue weighted by atomic mass is 9.90. The molecular formula is C38H45FN4O5. The molecule has 10 heteroatoms. The van der Waals surface area contributed by atoms with E-state index in [-0.39, 0.29) is 19.0 Å². The number of esters is 1. The van der Waals surface area contributed by atoms with Crippen molar-refractivity contribution < 1.29 is 28.1 Å². The number of benzene rings is 1. The van der Waals surface area contributed by atoms with E-state index in [1.807, 2.05) is 25.1 Å². The molecule has 1 aromatic carbocycles. The Morgan fingerprint density at radius 3 is 2.79 bits per heavy atom. The van der Waals surface area contributed by atoms with Gasteiger partial charge in [-0.05, 0) is 75.5 Å². The number of methoxy groups -OCH3 is 1. The lowest BCUT2D eigenvalue weighted by Crippen LogP contribution is -2.45. The third-order valence-electron chi connectivity index (χ3n) is 7.82. The van der Waals surface area contributed by atoms with Crippen molar-refractivity contribution in [2.24, 2.45) is 15.4 Å². The summed E-state index contributed by atoms with van der Waals surface area (Å²) in [6.07, 6.45) is 20.3. The van der Waals surface area contributed by atoms with E-state index in [4.69, 9.17) is 36.8 Å². The highest BCUT2D eigenvalue weighted by Gasteiger charge is 2.32. The van der Waals surface area contributed by atoms with Gasteiger partial charge < -0.3 is 24.3 Å². The number of aliphatic imine (C=N–C) groups is 2. The maximum atomic E-state index is 14.3. The molecule has 1 aliphatic rings. The van der Waals surface area contributed by atoms with Crippen LogP contribution in [0.2, 0.25) is 0 Å². The van der Waals surface area contributed by atoms with Crippen molar-refractivity contribution in [2.75, 3.05) is 60.3 Å². The summed E-state index contributed by atoms with van der Waals surface area (Å²) in [5.41, 5.74) is 3.83. The molecule has 0 saturated heterocycles. The van der Waals surface area contributed by atoms with Crippen LogP contribution >= 0.6 is 0 Å². The van der Waals surface area contributed by atoms with E-state index in [2.05, 4.69) is 33.4 Å². The van der Waals surface area contributed by atoms with Crippen LogP contribution in [0.25, 0.3) is 0 Å². The van der Waals surface area contributed by atoms with Crippen molar-refractivity contribution >= 4 is 17.9 Å². The summed E-state index contributed by atoms with van der Waals surface area (Å²) < 4.78 is 36.8. The van der Waals surface area contributed by atoms with Gasteiger partial charge in [0.2, 0.25) is 0 Å². The number of pyridine rings is 1. The van der Waals surface area contributed by atoms with Gasteiger partial charge in [0.25, 0.3) is 0 Å². The molecule has 1 N–H and O–H groups in total. The number of hydrogen-bond acceptors (Lipinski definition) is 9. The molecular weight excluding hydrogens is 611 g/mol.